The second-order valence-corrected chi connectivity index (χ2v) is 7.91. The molecule has 3 atom stereocenters. The fourth-order valence-corrected chi connectivity index (χ4v) is 4.21. The van der Waals surface area contributed by atoms with Crippen LogP contribution in [0.3, 0.4) is 0 Å². The molecule has 3 unspecified atom stereocenters. The van der Waals surface area contributed by atoms with Gasteiger partial charge in [0.25, 0.3) is 0 Å². The topological polar surface area (TPSA) is 46.3 Å². The van der Waals surface area contributed by atoms with Gasteiger partial charge in [-0.3, -0.25) is 4.79 Å². The van der Waals surface area contributed by atoms with E-state index in [1.165, 1.54) is 25.7 Å². The van der Waals surface area contributed by atoms with Crippen molar-refractivity contribution in [1.82, 2.24) is 4.90 Å². The number of hydrogen-bond donors (Lipinski definition) is 1. The maximum absolute atomic E-state index is 12.3. The summed E-state index contributed by atoms with van der Waals surface area (Å²) < 4.78 is 0. The molecule has 0 aromatic rings. The van der Waals surface area contributed by atoms with E-state index < -0.39 is 0 Å². The Bertz CT molecular complexity index is 340. The first-order valence-corrected chi connectivity index (χ1v) is 8.35. The number of nitrogens with zero attached hydrogens (tertiary/aromatic N) is 1. The molecule has 2 N–H and O–H groups in total. The van der Waals surface area contributed by atoms with Crippen molar-refractivity contribution in [2.24, 2.45) is 28.9 Å². The summed E-state index contributed by atoms with van der Waals surface area (Å²) in [5, 5.41) is 0. The molecule has 2 aliphatic carbocycles. The standard InChI is InChI=1S/C17H32N2O/c1-17(2,8-9-18)7-6-16(20)19(3)12-15-11-13-4-5-14(15)10-13/h13-15H,4-12,18H2,1-3H3. The fraction of sp³-hybridized carbons (Fsp3) is 0.941. The maximum Gasteiger partial charge on any atom is 0.222 e. The molecule has 0 saturated heterocycles. The largest absolute Gasteiger partial charge is 0.345 e. The molecule has 0 heterocycles. The Morgan fingerprint density at radius 3 is 2.55 bits per heavy atom. The second kappa shape index (κ2) is 6.46. The molecule has 0 aromatic carbocycles. The zero-order valence-corrected chi connectivity index (χ0v) is 13.5. The SMILES string of the molecule is CN(CC1CC2CCC1C2)C(=O)CCC(C)(C)CCN. The van der Waals surface area contributed by atoms with Crippen LogP contribution in [0.2, 0.25) is 0 Å². The molecule has 0 aromatic heterocycles. The third-order valence-electron chi connectivity index (χ3n) is 5.66. The first-order chi connectivity index (χ1) is 9.41. The second-order valence-electron chi connectivity index (χ2n) is 7.91. The monoisotopic (exact) mass is 280 g/mol. The number of carbonyl (C=O) groups excluding carboxylic acids is 1. The van der Waals surface area contributed by atoms with Crippen molar-refractivity contribution >= 4 is 5.91 Å². The quantitative estimate of drug-likeness (QED) is 0.779. The van der Waals surface area contributed by atoms with Gasteiger partial charge in [0.05, 0.1) is 0 Å². The van der Waals surface area contributed by atoms with Crippen molar-refractivity contribution in [3.05, 3.63) is 0 Å². The van der Waals surface area contributed by atoms with Crippen LogP contribution in [-0.4, -0.2) is 30.9 Å². The van der Waals surface area contributed by atoms with Crippen LogP contribution >= 0.6 is 0 Å². The third-order valence-corrected chi connectivity index (χ3v) is 5.66. The van der Waals surface area contributed by atoms with E-state index in [-0.39, 0.29) is 5.41 Å². The van der Waals surface area contributed by atoms with Crippen LogP contribution in [0.4, 0.5) is 0 Å². The summed E-state index contributed by atoms with van der Waals surface area (Å²) in [6.45, 7) is 6.12. The van der Waals surface area contributed by atoms with E-state index in [1.54, 1.807) is 0 Å². The Morgan fingerprint density at radius 2 is 2.00 bits per heavy atom. The van der Waals surface area contributed by atoms with Gasteiger partial charge in [0.1, 0.15) is 0 Å². The molecular weight excluding hydrogens is 248 g/mol. The van der Waals surface area contributed by atoms with Gasteiger partial charge in [0.15, 0.2) is 0 Å². The summed E-state index contributed by atoms with van der Waals surface area (Å²) in [7, 11) is 1.99. The lowest BCUT2D eigenvalue weighted by molar-refractivity contribution is -0.131. The Kier molecular flexibility index (Phi) is 5.11. The summed E-state index contributed by atoms with van der Waals surface area (Å²) in [5.41, 5.74) is 5.82. The lowest BCUT2D eigenvalue weighted by Gasteiger charge is -2.29. The number of amides is 1. The minimum absolute atomic E-state index is 0.192. The van der Waals surface area contributed by atoms with E-state index in [0.717, 1.165) is 37.1 Å². The minimum Gasteiger partial charge on any atom is -0.345 e. The van der Waals surface area contributed by atoms with E-state index >= 15 is 0 Å². The van der Waals surface area contributed by atoms with Gasteiger partial charge in [0.2, 0.25) is 5.91 Å². The molecule has 3 nitrogen and oxygen atoms in total. The molecule has 116 valence electrons. The van der Waals surface area contributed by atoms with Crippen molar-refractivity contribution in [3.8, 4) is 0 Å². The lowest BCUT2D eigenvalue weighted by Crippen LogP contribution is -2.34. The highest BCUT2D eigenvalue weighted by atomic mass is 16.2. The van der Waals surface area contributed by atoms with Crippen LogP contribution in [0.25, 0.3) is 0 Å². The van der Waals surface area contributed by atoms with Crippen molar-refractivity contribution in [1.29, 1.82) is 0 Å². The minimum atomic E-state index is 0.192. The molecule has 0 aliphatic heterocycles. The van der Waals surface area contributed by atoms with Gasteiger partial charge in [-0.05, 0) is 61.8 Å². The number of nitrogens with two attached hydrogens (primary N) is 1. The van der Waals surface area contributed by atoms with Crippen molar-refractivity contribution in [3.63, 3.8) is 0 Å². The van der Waals surface area contributed by atoms with Gasteiger partial charge in [-0.1, -0.05) is 20.3 Å². The smallest absolute Gasteiger partial charge is 0.222 e. The summed E-state index contributed by atoms with van der Waals surface area (Å²) >= 11 is 0. The molecule has 3 heteroatoms. The highest BCUT2D eigenvalue weighted by Gasteiger charge is 2.40. The van der Waals surface area contributed by atoms with Crippen LogP contribution < -0.4 is 5.73 Å². The molecule has 20 heavy (non-hydrogen) atoms. The van der Waals surface area contributed by atoms with Gasteiger partial charge in [-0.25, -0.2) is 0 Å². The predicted molar refractivity (Wildman–Crippen MR) is 83.3 cm³/mol. The van der Waals surface area contributed by atoms with Crippen LogP contribution in [0.1, 0.15) is 58.8 Å². The maximum atomic E-state index is 12.3. The molecular formula is C17H32N2O. The summed E-state index contributed by atoms with van der Waals surface area (Å²) in [6, 6.07) is 0. The Morgan fingerprint density at radius 1 is 1.25 bits per heavy atom. The zero-order chi connectivity index (χ0) is 14.8. The predicted octanol–water partition coefficient (Wildman–Crippen LogP) is 3.04. The molecule has 1 amide bonds. The zero-order valence-electron chi connectivity index (χ0n) is 13.5. The van der Waals surface area contributed by atoms with Crippen LogP contribution in [0.15, 0.2) is 0 Å². The van der Waals surface area contributed by atoms with Gasteiger partial charge < -0.3 is 10.6 Å². The summed E-state index contributed by atoms with van der Waals surface area (Å²) in [4.78, 5) is 14.3. The average molecular weight is 280 g/mol. The van der Waals surface area contributed by atoms with E-state index in [4.69, 9.17) is 5.73 Å². The molecule has 2 aliphatic rings. The highest BCUT2D eigenvalue weighted by Crippen LogP contribution is 2.48. The Hall–Kier alpha value is -0.570. The van der Waals surface area contributed by atoms with Gasteiger partial charge >= 0.3 is 0 Å². The lowest BCUT2D eigenvalue weighted by atomic mass is 9.84. The summed E-state index contributed by atoms with van der Waals surface area (Å²) in [5.74, 6) is 2.97. The first kappa shape index (κ1) is 15.8. The van der Waals surface area contributed by atoms with Crippen molar-refractivity contribution in [2.75, 3.05) is 20.1 Å². The van der Waals surface area contributed by atoms with Gasteiger partial charge in [0, 0.05) is 20.0 Å². The van der Waals surface area contributed by atoms with E-state index in [2.05, 4.69) is 13.8 Å². The van der Waals surface area contributed by atoms with E-state index in [0.29, 0.717) is 18.9 Å². The average Bonchev–Trinajstić information content (AvgIpc) is 2.98. The van der Waals surface area contributed by atoms with Crippen LogP contribution in [0, 0.1) is 23.2 Å². The first-order valence-electron chi connectivity index (χ1n) is 8.35. The van der Waals surface area contributed by atoms with Crippen molar-refractivity contribution in [2.45, 2.75) is 58.8 Å². The highest BCUT2D eigenvalue weighted by molar-refractivity contribution is 5.75. The molecule has 2 saturated carbocycles. The van der Waals surface area contributed by atoms with Crippen LogP contribution in [-0.2, 0) is 4.79 Å². The van der Waals surface area contributed by atoms with Crippen LogP contribution in [0.5, 0.6) is 0 Å². The van der Waals surface area contributed by atoms with E-state index in [9.17, 15) is 4.79 Å². The number of hydrogen-bond acceptors (Lipinski definition) is 2. The molecule has 0 spiro atoms. The molecule has 0 radical (unpaired) electrons. The molecule has 2 rings (SSSR count). The fourth-order valence-electron chi connectivity index (χ4n) is 4.21. The Labute approximate surface area is 124 Å². The number of fused-ring (bicyclic) bond motifs is 2. The molecule has 2 fully saturated rings. The van der Waals surface area contributed by atoms with Gasteiger partial charge in [-0.2, -0.15) is 0 Å². The third kappa shape index (κ3) is 3.97. The van der Waals surface area contributed by atoms with E-state index in [1.807, 2.05) is 11.9 Å². The molecule has 2 bridgehead atoms. The Balaban J connectivity index is 1.72. The summed E-state index contributed by atoms with van der Waals surface area (Å²) in [6.07, 6.45) is 8.25. The normalized spacial score (nSPS) is 28.9. The van der Waals surface area contributed by atoms with Crippen molar-refractivity contribution < 1.29 is 4.79 Å². The van der Waals surface area contributed by atoms with Gasteiger partial charge in [-0.15, -0.1) is 0 Å². The number of rotatable bonds is 7. The number of carbonyl (C=O) groups is 1.